The van der Waals surface area contributed by atoms with Gasteiger partial charge in [0.25, 0.3) is 0 Å². The second-order valence-electron chi connectivity index (χ2n) is 5.60. The SMILES string of the molecule is CC(C)(Oc1cc2c(cc1Br)CCC2)[C@H]1NC=CO1. The molecule has 1 aromatic rings. The summed E-state index contributed by atoms with van der Waals surface area (Å²) in [5.74, 6) is 0.892. The van der Waals surface area contributed by atoms with E-state index in [0.29, 0.717) is 0 Å². The van der Waals surface area contributed by atoms with E-state index >= 15 is 0 Å². The minimum absolute atomic E-state index is 0.160. The lowest BCUT2D eigenvalue weighted by Gasteiger charge is -2.32. The Morgan fingerprint density at radius 3 is 2.74 bits per heavy atom. The molecule has 1 atom stereocenters. The van der Waals surface area contributed by atoms with Crippen molar-refractivity contribution in [3.8, 4) is 5.75 Å². The summed E-state index contributed by atoms with van der Waals surface area (Å²) in [6, 6.07) is 4.35. The monoisotopic (exact) mass is 323 g/mol. The fourth-order valence-electron chi connectivity index (χ4n) is 2.63. The van der Waals surface area contributed by atoms with Crippen LogP contribution in [0.3, 0.4) is 0 Å². The molecule has 3 nitrogen and oxygen atoms in total. The van der Waals surface area contributed by atoms with Crippen LogP contribution in [0, 0.1) is 0 Å². The Morgan fingerprint density at radius 1 is 1.32 bits per heavy atom. The Morgan fingerprint density at radius 2 is 2.05 bits per heavy atom. The molecule has 1 heterocycles. The third-order valence-corrected chi connectivity index (χ3v) is 4.30. The van der Waals surface area contributed by atoms with Crippen LogP contribution in [0.5, 0.6) is 5.75 Å². The van der Waals surface area contributed by atoms with Gasteiger partial charge in [0.15, 0.2) is 5.60 Å². The highest BCUT2D eigenvalue weighted by Crippen LogP contribution is 2.36. The van der Waals surface area contributed by atoms with Crippen molar-refractivity contribution in [2.45, 2.75) is 44.9 Å². The first kappa shape index (κ1) is 12.9. The fourth-order valence-corrected chi connectivity index (χ4v) is 3.11. The van der Waals surface area contributed by atoms with Crippen LogP contribution >= 0.6 is 15.9 Å². The van der Waals surface area contributed by atoms with Gasteiger partial charge in [-0.2, -0.15) is 0 Å². The molecule has 0 saturated carbocycles. The highest BCUT2D eigenvalue weighted by atomic mass is 79.9. The van der Waals surface area contributed by atoms with Gasteiger partial charge in [-0.25, -0.2) is 0 Å². The average molecular weight is 324 g/mol. The van der Waals surface area contributed by atoms with Gasteiger partial charge in [0.2, 0.25) is 6.23 Å². The van der Waals surface area contributed by atoms with Crippen molar-refractivity contribution in [1.82, 2.24) is 5.32 Å². The molecule has 1 aliphatic carbocycles. The van der Waals surface area contributed by atoms with Crippen molar-refractivity contribution in [1.29, 1.82) is 0 Å². The minimum Gasteiger partial charge on any atom is -0.481 e. The number of fused-ring (bicyclic) bond motifs is 1. The van der Waals surface area contributed by atoms with Crippen LogP contribution in [-0.2, 0) is 17.6 Å². The van der Waals surface area contributed by atoms with Crippen LogP contribution in [-0.4, -0.2) is 11.8 Å². The molecule has 2 aliphatic rings. The van der Waals surface area contributed by atoms with Crippen LogP contribution in [0.4, 0.5) is 0 Å². The molecular weight excluding hydrogens is 306 g/mol. The van der Waals surface area contributed by atoms with E-state index in [1.54, 1.807) is 12.5 Å². The zero-order chi connectivity index (χ0) is 13.5. The fraction of sp³-hybridized carbons (Fsp3) is 0.467. The maximum atomic E-state index is 6.17. The topological polar surface area (TPSA) is 30.5 Å². The molecule has 19 heavy (non-hydrogen) atoms. The van der Waals surface area contributed by atoms with E-state index in [0.717, 1.165) is 16.6 Å². The zero-order valence-corrected chi connectivity index (χ0v) is 12.8. The standard InChI is InChI=1S/C15H18BrNO2/c1-15(2,14-17-6-7-18-14)19-13-9-11-5-3-4-10(11)8-12(13)16/h6-9,14,17H,3-5H2,1-2H3/t14-/m0/s1. The van der Waals surface area contributed by atoms with Gasteiger partial charge >= 0.3 is 0 Å². The van der Waals surface area contributed by atoms with E-state index in [-0.39, 0.29) is 6.23 Å². The van der Waals surface area contributed by atoms with Crippen molar-refractivity contribution in [3.05, 3.63) is 40.2 Å². The van der Waals surface area contributed by atoms with E-state index in [2.05, 4.69) is 33.4 Å². The third-order valence-electron chi connectivity index (χ3n) is 3.68. The second kappa shape index (κ2) is 4.75. The maximum absolute atomic E-state index is 6.17. The normalized spacial score (nSPS) is 20.9. The molecule has 0 radical (unpaired) electrons. The molecule has 102 valence electrons. The van der Waals surface area contributed by atoms with Crippen LogP contribution in [0.15, 0.2) is 29.1 Å². The summed E-state index contributed by atoms with van der Waals surface area (Å²) in [5, 5.41) is 3.15. The molecule has 3 rings (SSSR count). The van der Waals surface area contributed by atoms with E-state index in [1.165, 1.54) is 24.0 Å². The number of ether oxygens (including phenoxy) is 2. The summed E-state index contributed by atoms with van der Waals surface area (Å²) >= 11 is 3.61. The number of nitrogens with one attached hydrogen (secondary N) is 1. The Bertz CT molecular complexity index is 517. The largest absolute Gasteiger partial charge is 0.481 e. The second-order valence-corrected chi connectivity index (χ2v) is 6.45. The van der Waals surface area contributed by atoms with Gasteiger partial charge in [-0.3, -0.25) is 0 Å². The van der Waals surface area contributed by atoms with Gasteiger partial charge in [-0.05, 0) is 72.3 Å². The van der Waals surface area contributed by atoms with Gasteiger partial charge in [0.05, 0.1) is 4.47 Å². The molecule has 0 aromatic heterocycles. The molecule has 0 spiro atoms. The molecule has 4 heteroatoms. The minimum atomic E-state index is -0.446. The van der Waals surface area contributed by atoms with E-state index < -0.39 is 5.60 Å². The summed E-state index contributed by atoms with van der Waals surface area (Å²) < 4.78 is 12.7. The van der Waals surface area contributed by atoms with Gasteiger partial charge in [0.1, 0.15) is 12.0 Å². The van der Waals surface area contributed by atoms with Crippen molar-refractivity contribution in [3.63, 3.8) is 0 Å². The van der Waals surface area contributed by atoms with E-state index in [4.69, 9.17) is 9.47 Å². The number of rotatable bonds is 3. The molecule has 1 N–H and O–H groups in total. The van der Waals surface area contributed by atoms with Crippen molar-refractivity contribution in [2.75, 3.05) is 0 Å². The van der Waals surface area contributed by atoms with Crippen LogP contribution in [0.25, 0.3) is 0 Å². The highest BCUT2D eigenvalue weighted by molar-refractivity contribution is 9.10. The Balaban J connectivity index is 1.83. The molecule has 0 bridgehead atoms. The number of benzene rings is 1. The Hall–Kier alpha value is -1.16. The van der Waals surface area contributed by atoms with Crippen LogP contribution in [0.1, 0.15) is 31.4 Å². The molecular formula is C15H18BrNO2. The van der Waals surface area contributed by atoms with Crippen LogP contribution < -0.4 is 10.1 Å². The van der Waals surface area contributed by atoms with Crippen LogP contribution in [0.2, 0.25) is 0 Å². The lowest BCUT2D eigenvalue weighted by Crippen LogP contribution is -2.48. The molecule has 0 fully saturated rings. The zero-order valence-electron chi connectivity index (χ0n) is 11.2. The summed E-state index contributed by atoms with van der Waals surface area (Å²) in [6.45, 7) is 4.05. The number of aryl methyl sites for hydroxylation is 2. The van der Waals surface area contributed by atoms with Gasteiger partial charge in [-0.15, -0.1) is 0 Å². The summed E-state index contributed by atoms with van der Waals surface area (Å²) in [6.07, 6.45) is 6.87. The summed E-state index contributed by atoms with van der Waals surface area (Å²) in [7, 11) is 0. The Labute approximate surface area is 122 Å². The van der Waals surface area contributed by atoms with E-state index in [1.807, 2.05) is 13.8 Å². The number of hydrogen-bond donors (Lipinski definition) is 1. The lowest BCUT2D eigenvalue weighted by molar-refractivity contribution is -0.0354. The predicted molar refractivity (Wildman–Crippen MR) is 78.0 cm³/mol. The first-order valence-electron chi connectivity index (χ1n) is 6.63. The summed E-state index contributed by atoms with van der Waals surface area (Å²) in [5.41, 5.74) is 2.40. The van der Waals surface area contributed by atoms with Crippen molar-refractivity contribution < 1.29 is 9.47 Å². The third kappa shape index (κ3) is 2.46. The average Bonchev–Trinajstić information content (AvgIpc) is 2.98. The molecule has 1 aliphatic heterocycles. The van der Waals surface area contributed by atoms with Gasteiger partial charge in [0, 0.05) is 6.20 Å². The van der Waals surface area contributed by atoms with Gasteiger partial charge < -0.3 is 14.8 Å². The molecule has 0 amide bonds. The highest BCUT2D eigenvalue weighted by Gasteiger charge is 2.35. The maximum Gasteiger partial charge on any atom is 0.208 e. The smallest absolute Gasteiger partial charge is 0.208 e. The summed E-state index contributed by atoms with van der Waals surface area (Å²) in [4.78, 5) is 0. The van der Waals surface area contributed by atoms with Gasteiger partial charge in [-0.1, -0.05) is 0 Å². The number of halogens is 1. The lowest BCUT2D eigenvalue weighted by atomic mass is 10.1. The van der Waals surface area contributed by atoms with Crippen molar-refractivity contribution >= 4 is 15.9 Å². The molecule has 0 unspecified atom stereocenters. The number of hydrogen-bond acceptors (Lipinski definition) is 3. The molecule has 0 saturated heterocycles. The quantitative estimate of drug-likeness (QED) is 0.923. The first-order valence-corrected chi connectivity index (χ1v) is 7.42. The predicted octanol–water partition coefficient (Wildman–Crippen LogP) is 3.51. The first-order chi connectivity index (χ1) is 9.06. The van der Waals surface area contributed by atoms with E-state index in [9.17, 15) is 0 Å². The van der Waals surface area contributed by atoms with Crippen molar-refractivity contribution in [2.24, 2.45) is 0 Å². The molecule has 1 aromatic carbocycles. The Kier molecular flexibility index (Phi) is 3.21.